The SMILES string of the molecule is CNC[C@@H]1CCCN(C(=O)c2cn(Cc3cccc(F)c3)nn2)C1. The van der Waals surface area contributed by atoms with Gasteiger partial charge in [0.05, 0.1) is 12.7 Å². The molecular weight excluding hydrogens is 309 g/mol. The van der Waals surface area contributed by atoms with Gasteiger partial charge in [0.25, 0.3) is 5.91 Å². The molecule has 1 aromatic carbocycles. The van der Waals surface area contributed by atoms with Gasteiger partial charge in [0.2, 0.25) is 0 Å². The van der Waals surface area contributed by atoms with Crippen LogP contribution in [0.15, 0.2) is 30.5 Å². The molecule has 24 heavy (non-hydrogen) atoms. The first-order valence-electron chi connectivity index (χ1n) is 8.24. The molecule has 1 saturated heterocycles. The third-order valence-electron chi connectivity index (χ3n) is 4.29. The molecule has 1 aliphatic rings. The van der Waals surface area contributed by atoms with Crippen LogP contribution in [0.3, 0.4) is 0 Å². The van der Waals surface area contributed by atoms with Crippen LogP contribution in [-0.2, 0) is 6.54 Å². The van der Waals surface area contributed by atoms with Crippen molar-refractivity contribution in [3.05, 3.63) is 47.5 Å². The summed E-state index contributed by atoms with van der Waals surface area (Å²) in [4.78, 5) is 14.4. The number of aromatic nitrogens is 3. The number of nitrogens with one attached hydrogen (secondary N) is 1. The second kappa shape index (κ2) is 7.53. The summed E-state index contributed by atoms with van der Waals surface area (Å²) in [6.45, 7) is 2.81. The molecule has 0 radical (unpaired) electrons. The third-order valence-corrected chi connectivity index (χ3v) is 4.29. The lowest BCUT2D eigenvalue weighted by molar-refractivity contribution is 0.0668. The van der Waals surface area contributed by atoms with E-state index in [9.17, 15) is 9.18 Å². The van der Waals surface area contributed by atoms with Crippen LogP contribution in [0.1, 0.15) is 28.9 Å². The van der Waals surface area contributed by atoms with E-state index in [1.165, 1.54) is 12.1 Å². The summed E-state index contributed by atoms with van der Waals surface area (Å²) < 4.78 is 14.8. The fourth-order valence-electron chi connectivity index (χ4n) is 3.16. The maximum atomic E-state index is 13.2. The number of amides is 1. The number of carbonyl (C=O) groups excluding carboxylic acids is 1. The van der Waals surface area contributed by atoms with E-state index < -0.39 is 0 Å². The highest BCUT2D eigenvalue weighted by molar-refractivity contribution is 5.92. The molecule has 1 aromatic heterocycles. The molecule has 1 N–H and O–H groups in total. The molecule has 7 heteroatoms. The maximum absolute atomic E-state index is 13.2. The first-order chi connectivity index (χ1) is 11.7. The van der Waals surface area contributed by atoms with Crippen LogP contribution in [-0.4, -0.2) is 52.5 Å². The Morgan fingerprint density at radius 1 is 1.46 bits per heavy atom. The number of hydrogen-bond donors (Lipinski definition) is 1. The Morgan fingerprint density at radius 3 is 3.12 bits per heavy atom. The molecule has 0 saturated carbocycles. The van der Waals surface area contributed by atoms with Gasteiger partial charge in [-0.3, -0.25) is 4.79 Å². The van der Waals surface area contributed by atoms with Gasteiger partial charge in [-0.05, 0) is 50.0 Å². The normalized spacial score (nSPS) is 17.9. The van der Waals surface area contributed by atoms with E-state index in [1.807, 2.05) is 18.0 Å². The summed E-state index contributed by atoms with van der Waals surface area (Å²) in [6.07, 6.45) is 3.78. The monoisotopic (exact) mass is 331 g/mol. The van der Waals surface area contributed by atoms with Gasteiger partial charge in [0.15, 0.2) is 5.69 Å². The summed E-state index contributed by atoms with van der Waals surface area (Å²) in [5.74, 6) is 0.115. The van der Waals surface area contributed by atoms with E-state index in [0.29, 0.717) is 18.2 Å². The van der Waals surface area contributed by atoms with Crippen LogP contribution < -0.4 is 5.32 Å². The van der Waals surface area contributed by atoms with Crippen LogP contribution in [0.4, 0.5) is 4.39 Å². The summed E-state index contributed by atoms with van der Waals surface area (Å²) in [5.41, 5.74) is 1.13. The van der Waals surface area contributed by atoms with E-state index in [-0.39, 0.29) is 11.7 Å². The van der Waals surface area contributed by atoms with E-state index in [2.05, 4.69) is 15.6 Å². The van der Waals surface area contributed by atoms with E-state index in [0.717, 1.165) is 38.0 Å². The summed E-state index contributed by atoms with van der Waals surface area (Å²) in [6, 6.07) is 6.33. The quantitative estimate of drug-likeness (QED) is 0.903. The molecule has 0 aliphatic carbocycles. The number of benzene rings is 1. The predicted octanol–water partition coefficient (Wildman–Crippen LogP) is 1.54. The van der Waals surface area contributed by atoms with E-state index >= 15 is 0 Å². The summed E-state index contributed by atoms with van der Waals surface area (Å²) in [7, 11) is 1.93. The Morgan fingerprint density at radius 2 is 2.33 bits per heavy atom. The Hall–Kier alpha value is -2.28. The molecule has 3 rings (SSSR count). The van der Waals surface area contributed by atoms with Gasteiger partial charge < -0.3 is 10.2 Å². The number of nitrogens with zero attached hydrogens (tertiary/aromatic N) is 4. The number of carbonyl (C=O) groups is 1. The minimum atomic E-state index is -0.284. The van der Waals surface area contributed by atoms with Crippen molar-refractivity contribution in [2.24, 2.45) is 5.92 Å². The second-order valence-corrected chi connectivity index (χ2v) is 6.25. The molecular formula is C17H22FN5O. The molecule has 0 unspecified atom stereocenters. The second-order valence-electron chi connectivity index (χ2n) is 6.25. The fourth-order valence-corrected chi connectivity index (χ4v) is 3.16. The smallest absolute Gasteiger partial charge is 0.276 e. The van der Waals surface area contributed by atoms with Crippen molar-refractivity contribution in [1.29, 1.82) is 0 Å². The van der Waals surface area contributed by atoms with E-state index in [4.69, 9.17) is 0 Å². The Kier molecular flexibility index (Phi) is 5.20. The van der Waals surface area contributed by atoms with Crippen LogP contribution in [0, 0.1) is 11.7 Å². The molecule has 1 amide bonds. The zero-order valence-corrected chi connectivity index (χ0v) is 13.8. The third kappa shape index (κ3) is 3.97. The standard InChI is InChI=1S/C17H22FN5O/c1-19-9-14-5-3-7-22(10-14)17(24)16-12-23(21-20-16)11-13-4-2-6-15(18)8-13/h2,4,6,8,12,14,19H,3,5,7,9-11H2,1H3/t14-/m0/s1. The first-order valence-corrected chi connectivity index (χ1v) is 8.24. The highest BCUT2D eigenvalue weighted by Crippen LogP contribution is 2.17. The van der Waals surface area contributed by atoms with Gasteiger partial charge in [-0.15, -0.1) is 5.10 Å². The van der Waals surface area contributed by atoms with Gasteiger partial charge in [-0.25, -0.2) is 9.07 Å². The van der Waals surface area contributed by atoms with Gasteiger partial charge in [0, 0.05) is 13.1 Å². The van der Waals surface area contributed by atoms with Crippen molar-refractivity contribution in [3.63, 3.8) is 0 Å². The van der Waals surface area contributed by atoms with Crippen molar-refractivity contribution in [1.82, 2.24) is 25.2 Å². The first kappa shape index (κ1) is 16.6. The van der Waals surface area contributed by atoms with Crippen LogP contribution in [0.25, 0.3) is 0 Å². The molecule has 2 aromatic rings. The largest absolute Gasteiger partial charge is 0.337 e. The molecule has 0 spiro atoms. The molecule has 128 valence electrons. The van der Waals surface area contributed by atoms with Crippen LogP contribution >= 0.6 is 0 Å². The predicted molar refractivity (Wildman–Crippen MR) is 88.1 cm³/mol. The molecule has 1 atom stereocenters. The topological polar surface area (TPSA) is 63.1 Å². The van der Waals surface area contributed by atoms with Crippen molar-refractivity contribution in [3.8, 4) is 0 Å². The van der Waals surface area contributed by atoms with Gasteiger partial charge in [0.1, 0.15) is 5.82 Å². The zero-order chi connectivity index (χ0) is 16.9. The van der Waals surface area contributed by atoms with Crippen molar-refractivity contribution < 1.29 is 9.18 Å². The number of halogens is 1. The average molecular weight is 331 g/mol. The van der Waals surface area contributed by atoms with Crippen molar-refractivity contribution in [2.75, 3.05) is 26.7 Å². The summed E-state index contributed by atoms with van der Waals surface area (Å²) in [5, 5.41) is 11.2. The van der Waals surface area contributed by atoms with Gasteiger partial charge in [-0.1, -0.05) is 17.3 Å². The Labute approximate surface area is 140 Å². The molecule has 2 heterocycles. The number of piperidine rings is 1. The lowest BCUT2D eigenvalue weighted by atomic mass is 9.98. The maximum Gasteiger partial charge on any atom is 0.276 e. The molecule has 6 nitrogen and oxygen atoms in total. The molecule has 1 fully saturated rings. The highest BCUT2D eigenvalue weighted by Gasteiger charge is 2.25. The van der Waals surface area contributed by atoms with Gasteiger partial charge in [-0.2, -0.15) is 0 Å². The fraction of sp³-hybridized carbons (Fsp3) is 0.471. The molecule has 0 bridgehead atoms. The van der Waals surface area contributed by atoms with Crippen LogP contribution in [0.2, 0.25) is 0 Å². The number of likely N-dealkylation sites (tertiary alicyclic amines) is 1. The van der Waals surface area contributed by atoms with Gasteiger partial charge >= 0.3 is 0 Å². The Balaban J connectivity index is 1.65. The number of hydrogen-bond acceptors (Lipinski definition) is 4. The lowest BCUT2D eigenvalue weighted by Gasteiger charge is -2.32. The van der Waals surface area contributed by atoms with Crippen molar-refractivity contribution in [2.45, 2.75) is 19.4 Å². The number of rotatable bonds is 5. The summed E-state index contributed by atoms with van der Waals surface area (Å²) >= 11 is 0. The highest BCUT2D eigenvalue weighted by atomic mass is 19.1. The minimum absolute atomic E-state index is 0.0821. The van der Waals surface area contributed by atoms with Crippen molar-refractivity contribution >= 4 is 5.91 Å². The minimum Gasteiger partial charge on any atom is -0.337 e. The van der Waals surface area contributed by atoms with Crippen LogP contribution in [0.5, 0.6) is 0 Å². The lowest BCUT2D eigenvalue weighted by Crippen LogP contribution is -2.42. The van der Waals surface area contributed by atoms with E-state index in [1.54, 1.807) is 16.9 Å². The Bertz CT molecular complexity index is 700. The average Bonchev–Trinajstić information content (AvgIpc) is 3.03. The zero-order valence-electron chi connectivity index (χ0n) is 13.8. The molecule has 1 aliphatic heterocycles.